The lowest BCUT2D eigenvalue weighted by Gasteiger charge is -2.02. The Morgan fingerprint density at radius 1 is 1.46 bits per heavy atom. The van der Waals surface area contributed by atoms with E-state index in [4.69, 9.17) is 28.3 Å². The lowest BCUT2D eigenvalue weighted by molar-refractivity contribution is -0.136. The molecular weight excluding hydrogens is 211 g/mol. The Bertz CT molecular complexity index is 323. The molecule has 0 atom stereocenters. The Kier molecular flexibility index (Phi) is 3.58. The molecule has 1 aromatic rings. The average molecular weight is 219 g/mol. The van der Waals surface area contributed by atoms with Crippen molar-refractivity contribution in [1.82, 2.24) is 0 Å². The molecule has 0 aromatic heterocycles. The molecule has 1 N–H and O–H groups in total. The second-order valence-electron chi connectivity index (χ2n) is 2.63. The number of carbonyl (C=O) groups is 1. The van der Waals surface area contributed by atoms with Crippen molar-refractivity contribution in [3.63, 3.8) is 0 Å². The van der Waals surface area contributed by atoms with E-state index in [2.05, 4.69) is 0 Å². The monoisotopic (exact) mass is 218 g/mol. The maximum Gasteiger partial charge on any atom is 0.307 e. The minimum Gasteiger partial charge on any atom is -0.481 e. The van der Waals surface area contributed by atoms with E-state index in [1.54, 1.807) is 18.2 Å². The number of carboxylic acid groups (broad SMARTS) is 1. The van der Waals surface area contributed by atoms with Gasteiger partial charge in [-0.3, -0.25) is 4.79 Å². The van der Waals surface area contributed by atoms with E-state index in [0.717, 1.165) is 5.56 Å². The fraction of sp³-hybridized carbons (Fsp3) is 0.222. The largest absolute Gasteiger partial charge is 0.481 e. The summed E-state index contributed by atoms with van der Waals surface area (Å²) >= 11 is 11.4. The van der Waals surface area contributed by atoms with Gasteiger partial charge in [0.2, 0.25) is 0 Å². The summed E-state index contributed by atoms with van der Waals surface area (Å²) in [4.78, 5) is 10.4. The molecule has 0 amide bonds. The van der Waals surface area contributed by atoms with Gasteiger partial charge in [-0.05, 0) is 17.2 Å². The number of alkyl halides is 1. The molecular formula is C9H8Cl2O2. The van der Waals surface area contributed by atoms with E-state index < -0.39 is 5.97 Å². The highest BCUT2D eigenvalue weighted by Gasteiger charge is 2.05. The fourth-order valence-electron chi connectivity index (χ4n) is 0.980. The summed E-state index contributed by atoms with van der Waals surface area (Å²) in [5.74, 6) is -0.506. The lowest BCUT2D eigenvalue weighted by Crippen LogP contribution is -2.00. The first kappa shape index (κ1) is 10.4. The molecule has 70 valence electrons. The van der Waals surface area contributed by atoms with Crippen LogP contribution >= 0.6 is 23.2 Å². The topological polar surface area (TPSA) is 37.3 Å². The van der Waals surface area contributed by atoms with E-state index in [1.165, 1.54) is 0 Å². The second-order valence-corrected chi connectivity index (χ2v) is 3.30. The van der Waals surface area contributed by atoms with Gasteiger partial charge >= 0.3 is 5.97 Å². The Morgan fingerprint density at radius 2 is 2.15 bits per heavy atom. The Hall–Kier alpha value is -0.730. The molecule has 0 heterocycles. The zero-order valence-corrected chi connectivity index (χ0v) is 8.27. The van der Waals surface area contributed by atoms with Crippen LogP contribution in [0.2, 0.25) is 5.02 Å². The van der Waals surface area contributed by atoms with Crippen LogP contribution in [0, 0.1) is 0 Å². The molecule has 0 radical (unpaired) electrons. The molecule has 0 spiro atoms. The molecule has 2 nitrogen and oxygen atoms in total. The Labute approximate surface area is 86.1 Å². The van der Waals surface area contributed by atoms with Crippen LogP contribution in [0.1, 0.15) is 11.1 Å². The normalized spacial score (nSPS) is 10.0. The molecule has 0 aliphatic rings. The number of aliphatic carboxylic acids is 1. The summed E-state index contributed by atoms with van der Waals surface area (Å²) < 4.78 is 0. The molecule has 0 fully saturated rings. The number of benzene rings is 1. The zero-order valence-electron chi connectivity index (χ0n) is 6.76. The van der Waals surface area contributed by atoms with Crippen molar-refractivity contribution in [2.75, 3.05) is 0 Å². The molecule has 13 heavy (non-hydrogen) atoms. The van der Waals surface area contributed by atoms with Crippen LogP contribution in [0.3, 0.4) is 0 Å². The molecule has 0 saturated carbocycles. The second kappa shape index (κ2) is 4.49. The zero-order chi connectivity index (χ0) is 9.84. The average Bonchev–Trinajstić information content (AvgIpc) is 2.08. The van der Waals surface area contributed by atoms with E-state index in [-0.39, 0.29) is 6.42 Å². The maximum atomic E-state index is 10.4. The minimum absolute atomic E-state index is 0.0542. The van der Waals surface area contributed by atoms with E-state index in [0.29, 0.717) is 16.5 Å². The number of rotatable bonds is 3. The summed E-state index contributed by atoms with van der Waals surface area (Å²) in [6, 6.07) is 5.15. The first-order chi connectivity index (χ1) is 6.13. The van der Waals surface area contributed by atoms with Crippen LogP contribution in [0.4, 0.5) is 0 Å². The third-order valence-electron chi connectivity index (χ3n) is 1.61. The Balaban J connectivity index is 2.91. The molecule has 0 aliphatic heterocycles. The quantitative estimate of drug-likeness (QED) is 0.793. The van der Waals surface area contributed by atoms with Gasteiger partial charge < -0.3 is 5.11 Å². The molecule has 0 saturated heterocycles. The van der Waals surface area contributed by atoms with Gasteiger partial charge in [0.25, 0.3) is 0 Å². The predicted octanol–water partition coefficient (Wildman–Crippen LogP) is 2.71. The van der Waals surface area contributed by atoms with Gasteiger partial charge in [-0.25, -0.2) is 0 Å². The van der Waals surface area contributed by atoms with Gasteiger partial charge in [0.05, 0.1) is 6.42 Å². The van der Waals surface area contributed by atoms with Gasteiger partial charge in [0.1, 0.15) is 0 Å². The fourth-order valence-corrected chi connectivity index (χ4v) is 1.42. The first-order valence-electron chi connectivity index (χ1n) is 3.68. The van der Waals surface area contributed by atoms with Crippen molar-refractivity contribution in [2.24, 2.45) is 0 Å². The van der Waals surface area contributed by atoms with Crippen molar-refractivity contribution >= 4 is 29.2 Å². The maximum absolute atomic E-state index is 10.4. The van der Waals surface area contributed by atoms with Crippen molar-refractivity contribution in [3.8, 4) is 0 Å². The first-order valence-corrected chi connectivity index (χ1v) is 4.60. The third-order valence-corrected chi connectivity index (χ3v) is 2.27. The molecule has 0 aliphatic carbocycles. The van der Waals surface area contributed by atoms with Gasteiger partial charge in [0.15, 0.2) is 0 Å². The highest BCUT2D eigenvalue weighted by Crippen LogP contribution is 2.19. The van der Waals surface area contributed by atoms with Crippen LogP contribution in [-0.4, -0.2) is 11.1 Å². The van der Waals surface area contributed by atoms with Crippen LogP contribution in [-0.2, 0) is 17.1 Å². The van der Waals surface area contributed by atoms with Crippen LogP contribution in [0.15, 0.2) is 18.2 Å². The lowest BCUT2D eigenvalue weighted by atomic mass is 10.1. The van der Waals surface area contributed by atoms with Crippen molar-refractivity contribution in [1.29, 1.82) is 0 Å². The molecule has 0 bridgehead atoms. The van der Waals surface area contributed by atoms with Gasteiger partial charge in [0, 0.05) is 10.9 Å². The highest BCUT2D eigenvalue weighted by atomic mass is 35.5. The van der Waals surface area contributed by atoms with E-state index in [9.17, 15) is 4.79 Å². The molecule has 1 rings (SSSR count). The highest BCUT2D eigenvalue weighted by molar-refractivity contribution is 6.31. The molecule has 0 unspecified atom stereocenters. The molecule has 1 aromatic carbocycles. The van der Waals surface area contributed by atoms with Gasteiger partial charge in [-0.15, -0.1) is 11.6 Å². The van der Waals surface area contributed by atoms with Crippen LogP contribution in [0.25, 0.3) is 0 Å². The number of carboxylic acids is 1. The van der Waals surface area contributed by atoms with Crippen molar-refractivity contribution in [3.05, 3.63) is 34.3 Å². The SMILES string of the molecule is O=C(O)Cc1ccc(CCl)cc1Cl. The Morgan fingerprint density at radius 3 is 2.62 bits per heavy atom. The standard InChI is InChI=1S/C9H8Cl2O2/c10-5-6-1-2-7(4-9(12)13)8(11)3-6/h1-3H,4-5H2,(H,12,13). The third kappa shape index (κ3) is 2.90. The summed E-state index contributed by atoms with van der Waals surface area (Å²) in [6.07, 6.45) is -0.0542. The van der Waals surface area contributed by atoms with Crippen molar-refractivity contribution in [2.45, 2.75) is 12.3 Å². The predicted molar refractivity (Wildman–Crippen MR) is 52.3 cm³/mol. The minimum atomic E-state index is -0.888. The smallest absolute Gasteiger partial charge is 0.307 e. The van der Waals surface area contributed by atoms with E-state index in [1.807, 2.05) is 0 Å². The summed E-state index contributed by atoms with van der Waals surface area (Å²) in [5.41, 5.74) is 1.50. The molecule has 4 heteroatoms. The number of halogens is 2. The van der Waals surface area contributed by atoms with Gasteiger partial charge in [-0.2, -0.15) is 0 Å². The van der Waals surface area contributed by atoms with Crippen LogP contribution in [0.5, 0.6) is 0 Å². The van der Waals surface area contributed by atoms with Gasteiger partial charge in [-0.1, -0.05) is 23.7 Å². The van der Waals surface area contributed by atoms with Crippen LogP contribution < -0.4 is 0 Å². The summed E-state index contributed by atoms with van der Waals surface area (Å²) in [5, 5.41) is 8.99. The number of hydrogen-bond donors (Lipinski definition) is 1. The van der Waals surface area contributed by atoms with Crippen molar-refractivity contribution < 1.29 is 9.90 Å². The van der Waals surface area contributed by atoms with E-state index >= 15 is 0 Å². The summed E-state index contributed by atoms with van der Waals surface area (Å²) in [7, 11) is 0. The number of hydrogen-bond acceptors (Lipinski definition) is 1. The summed E-state index contributed by atoms with van der Waals surface area (Å²) in [6.45, 7) is 0.